The summed E-state index contributed by atoms with van der Waals surface area (Å²) < 4.78 is 0. The number of unbranched alkanes of at least 4 members (excludes halogenated alkanes) is 5. The van der Waals surface area contributed by atoms with Gasteiger partial charge in [0, 0.05) is 4.83 Å². The first-order valence-electron chi connectivity index (χ1n) is 8.41. The normalized spacial score (nSPS) is 12.7. The van der Waals surface area contributed by atoms with E-state index in [9.17, 15) is 0 Å². The van der Waals surface area contributed by atoms with Gasteiger partial charge in [-0.25, -0.2) is 0 Å². The summed E-state index contributed by atoms with van der Waals surface area (Å²) in [7, 11) is 0. The van der Waals surface area contributed by atoms with Gasteiger partial charge in [0.1, 0.15) is 0 Å². The second-order valence-electron chi connectivity index (χ2n) is 6.04. The Balaban J connectivity index is 1.74. The summed E-state index contributed by atoms with van der Waals surface area (Å²) in [6.45, 7) is 2.28. The van der Waals surface area contributed by atoms with E-state index in [0.717, 1.165) is 6.42 Å². The highest BCUT2D eigenvalue weighted by molar-refractivity contribution is 9.09. The van der Waals surface area contributed by atoms with Crippen molar-refractivity contribution < 1.29 is 0 Å². The van der Waals surface area contributed by atoms with E-state index in [1.807, 2.05) is 0 Å². The molecule has 114 valence electrons. The second-order valence-corrected chi connectivity index (χ2v) is 7.33. The van der Waals surface area contributed by atoms with Gasteiger partial charge >= 0.3 is 0 Å². The number of fused-ring (bicyclic) bond motifs is 1. The molecule has 0 N–H and O–H groups in total. The number of rotatable bonds is 9. The summed E-state index contributed by atoms with van der Waals surface area (Å²) in [5.74, 6) is 0. The van der Waals surface area contributed by atoms with Crippen molar-refractivity contribution >= 4 is 26.7 Å². The molecule has 21 heavy (non-hydrogen) atoms. The molecule has 0 aliphatic heterocycles. The minimum Gasteiger partial charge on any atom is -0.0887 e. The van der Waals surface area contributed by atoms with Crippen LogP contribution in [0.25, 0.3) is 10.8 Å². The Bertz CT molecular complexity index is 532. The molecule has 0 saturated carbocycles. The molecule has 0 bridgehead atoms. The van der Waals surface area contributed by atoms with Crippen molar-refractivity contribution in [1.29, 1.82) is 0 Å². The van der Waals surface area contributed by atoms with Crippen LogP contribution in [0.15, 0.2) is 42.5 Å². The van der Waals surface area contributed by atoms with Gasteiger partial charge < -0.3 is 0 Å². The lowest BCUT2D eigenvalue weighted by molar-refractivity contribution is 0.583. The standard InChI is InChI=1S/C20H27Br/c1-2-3-4-5-6-7-12-20(21)16-17-13-14-18-10-8-9-11-19(18)15-17/h8-11,13-15,20H,2-7,12,16H2,1H3. The van der Waals surface area contributed by atoms with Gasteiger partial charge in [-0.05, 0) is 29.2 Å². The third-order valence-corrected chi connectivity index (χ3v) is 4.92. The van der Waals surface area contributed by atoms with E-state index in [-0.39, 0.29) is 0 Å². The Morgan fingerprint density at radius 1 is 0.857 bits per heavy atom. The average molecular weight is 347 g/mol. The molecule has 0 aromatic heterocycles. The van der Waals surface area contributed by atoms with E-state index in [2.05, 4.69) is 65.3 Å². The van der Waals surface area contributed by atoms with Crippen molar-refractivity contribution in [3.05, 3.63) is 48.0 Å². The third-order valence-electron chi connectivity index (χ3n) is 4.14. The summed E-state index contributed by atoms with van der Waals surface area (Å²) >= 11 is 3.86. The van der Waals surface area contributed by atoms with Crippen molar-refractivity contribution in [1.82, 2.24) is 0 Å². The molecule has 0 aliphatic rings. The van der Waals surface area contributed by atoms with Gasteiger partial charge in [-0.3, -0.25) is 0 Å². The average Bonchev–Trinajstić information content (AvgIpc) is 2.50. The second kappa shape index (κ2) is 9.25. The number of halogens is 1. The molecule has 0 nitrogen and oxygen atoms in total. The molecule has 0 saturated heterocycles. The van der Waals surface area contributed by atoms with E-state index >= 15 is 0 Å². The fourth-order valence-corrected chi connectivity index (χ4v) is 3.57. The lowest BCUT2D eigenvalue weighted by Crippen LogP contribution is -2.02. The van der Waals surface area contributed by atoms with Crippen LogP contribution in [0, 0.1) is 0 Å². The van der Waals surface area contributed by atoms with E-state index in [1.54, 1.807) is 0 Å². The molecule has 0 amide bonds. The summed E-state index contributed by atoms with van der Waals surface area (Å²) in [5, 5.41) is 2.69. The molecule has 0 heterocycles. The largest absolute Gasteiger partial charge is 0.0887 e. The van der Waals surface area contributed by atoms with Crippen molar-refractivity contribution in [3.8, 4) is 0 Å². The van der Waals surface area contributed by atoms with Gasteiger partial charge in [0.15, 0.2) is 0 Å². The lowest BCUT2D eigenvalue weighted by Gasteiger charge is -2.10. The highest BCUT2D eigenvalue weighted by Crippen LogP contribution is 2.21. The first-order valence-corrected chi connectivity index (χ1v) is 9.33. The molecule has 0 aliphatic carbocycles. The van der Waals surface area contributed by atoms with Crippen LogP contribution in [-0.2, 0) is 6.42 Å². The number of hydrogen-bond acceptors (Lipinski definition) is 0. The Morgan fingerprint density at radius 2 is 1.57 bits per heavy atom. The molecule has 2 rings (SSSR count). The predicted octanol–water partition coefficient (Wildman–Crippen LogP) is 6.90. The van der Waals surface area contributed by atoms with E-state index in [4.69, 9.17) is 0 Å². The fraction of sp³-hybridized carbons (Fsp3) is 0.500. The van der Waals surface area contributed by atoms with E-state index in [1.165, 1.54) is 61.3 Å². The topological polar surface area (TPSA) is 0 Å². The molecule has 0 fully saturated rings. The van der Waals surface area contributed by atoms with Crippen LogP contribution in [0.1, 0.15) is 57.4 Å². The van der Waals surface area contributed by atoms with Crippen LogP contribution in [0.3, 0.4) is 0 Å². The minimum absolute atomic E-state index is 0.616. The molecule has 1 heteroatoms. The van der Waals surface area contributed by atoms with Crippen LogP contribution >= 0.6 is 15.9 Å². The van der Waals surface area contributed by atoms with E-state index in [0.29, 0.717) is 4.83 Å². The third kappa shape index (κ3) is 5.82. The Kier molecular flexibility index (Phi) is 7.29. The molecule has 1 unspecified atom stereocenters. The maximum absolute atomic E-state index is 3.86. The van der Waals surface area contributed by atoms with Gasteiger partial charge in [-0.15, -0.1) is 0 Å². The quantitative estimate of drug-likeness (QED) is 0.342. The number of alkyl halides is 1. The zero-order chi connectivity index (χ0) is 14.9. The molecule has 2 aromatic rings. The summed E-state index contributed by atoms with van der Waals surface area (Å²) in [5.41, 5.74) is 1.45. The van der Waals surface area contributed by atoms with Crippen LogP contribution in [-0.4, -0.2) is 4.83 Å². The van der Waals surface area contributed by atoms with Crippen LogP contribution < -0.4 is 0 Å². The summed E-state index contributed by atoms with van der Waals surface area (Å²) in [4.78, 5) is 0.616. The Hall–Kier alpha value is -0.820. The van der Waals surface area contributed by atoms with Crippen LogP contribution in [0.4, 0.5) is 0 Å². The molecule has 1 atom stereocenters. The Morgan fingerprint density at radius 3 is 2.38 bits per heavy atom. The molecular formula is C20H27Br. The first-order chi connectivity index (χ1) is 10.3. The summed E-state index contributed by atoms with van der Waals surface area (Å²) in [6, 6.07) is 15.5. The number of hydrogen-bond donors (Lipinski definition) is 0. The predicted molar refractivity (Wildman–Crippen MR) is 98.4 cm³/mol. The van der Waals surface area contributed by atoms with Gasteiger partial charge in [-0.1, -0.05) is 104 Å². The van der Waals surface area contributed by atoms with Crippen molar-refractivity contribution in [2.24, 2.45) is 0 Å². The van der Waals surface area contributed by atoms with Gasteiger partial charge in [0.25, 0.3) is 0 Å². The molecule has 0 spiro atoms. The zero-order valence-corrected chi connectivity index (χ0v) is 14.7. The van der Waals surface area contributed by atoms with Gasteiger partial charge in [-0.2, -0.15) is 0 Å². The first kappa shape index (κ1) is 16.5. The van der Waals surface area contributed by atoms with Crippen LogP contribution in [0.5, 0.6) is 0 Å². The van der Waals surface area contributed by atoms with Gasteiger partial charge in [0.05, 0.1) is 0 Å². The minimum atomic E-state index is 0.616. The molecule has 0 radical (unpaired) electrons. The lowest BCUT2D eigenvalue weighted by atomic mass is 10.0. The maximum atomic E-state index is 3.86. The monoisotopic (exact) mass is 346 g/mol. The smallest absolute Gasteiger partial charge is 0.0186 e. The fourth-order valence-electron chi connectivity index (χ4n) is 2.87. The highest BCUT2D eigenvalue weighted by Gasteiger charge is 2.06. The SMILES string of the molecule is CCCCCCCCC(Br)Cc1ccc2ccccc2c1. The Labute approximate surface area is 138 Å². The van der Waals surface area contributed by atoms with Crippen LogP contribution in [0.2, 0.25) is 0 Å². The molecule has 2 aromatic carbocycles. The van der Waals surface area contributed by atoms with Crippen molar-refractivity contribution in [3.63, 3.8) is 0 Å². The van der Waals surface area contributed by atoms with Crippen molar-refractivity contribution in [2.75, 3.05) is 0 Å². The molecular weight excluding hydrogens is 320 g/mol. The maximum Gasteiger partial charge on any atom is 0.0186 e. The zero-order valence-electron chi connectivity index (χ0n) is 13.2. The van der Waals surface area contributed by atoms with E-state index < -0.39 is 0 Å². The summed E-state index contributed by atoms with van der Waals surface area (Å²) in [6.07, 6.45) is 10.7. The van der Waals surface area contributed by atoms with Crippen molar-refractivity contribution in [2.45, 2.75) is 63.1 Å². The highest BCUT2D eigenvalue weighted by atomic mass is 79.9. The number of benzene rings is 2. The van der Waals surface area contributed by atoms with Gasteiger partial charge in [0.2, 0.25) is 0 Å².